The molecular formula is C23H23BrFNO2. The summed E-state index contributed by atoms with van der Waals surface area (Å²) < 4.78 is 25.6. The average molecular weight is 444 g/mol. The van der Waals surface area contributed by atoms with E-state index in [0.29, 0.717) is 31.3 Å². The van der Waals surface area contributed by atoms with Crippen molar-refractivity contribution in [2.45, 2.75) is 26.6 Å². The highest BCUT2D eigenvalue weighted by Crippen LogP contribution is 2.37. The molecule has 0 aliphatic heterocycles. The van der Waals surface area contributed by atoms with Crippen molar-refractivity contribution in [2.75, 3.05) is 6.61 Å². The molecule has 0 aliphatic carbocycles. The van der Waals surface area contributed by atoms with Gasteiger partial charge < -0.3 is 14.8 Å². The Hall–Kier alpha value is -2.37. The van der Waals surface area contributed by atoms with Crippen molar-refractivity contribution in [3.05, 3.63) is 93.7 Å². The predicted octanol–water partition coefficient (Wildman–Crippen LogP) is 5.86. The van der Waals surface area contributed by atoms with Gasteiger partial charge in [0.25, 0.3) is 0 Å². The molecule has 0 fully saturated rings. The van der Waals surface area contributed by atoms with Gasteiger partial charge in [0, 0.05) is 13.1 Å². The van der Waals surface area contributed by atoms with Crippen LogP contribution in [0.5, 0.6) is 11.5 Å². The highest BCUT2D eigenvalue weighted by atomic mass is 79.9. The van der Waals surface area contributed by atoms with E-state index in [1.807, 2.05) is 37.3 Å². The summed E-state index contributed by atoms with van der Waals surface area (Å²) in [6.07, 6.45) is 0. The van der Waals surface area contributed by atoms with E-state index in [0.717, 1.165) is 22.1 Å². The van der Waals surface area contributed by atoms with Crippen molar-refractivity contribution in [3.63, 3.8) is 0 Å². The summed E-state index contributed by atoms with van der Waals surface area (Å²) in [5.41, 5.74) is 3.23. The Morgan fingerprint density at radius 3 is 2.29 bits per heavy atom. The highest BCUT2D eigenvalue weighted by molar-refractivity contribution is 9.10. The number of rotatable bonds is 9. The highest BCUT2D eigenvalue weighted by Gasteiger charge is 2.13. The molecule has 3 nitrogen and oxygen atoms in total. The number of hydrogen-bond acceptors (Lipinski definition) is 3. The van der Waals surface area contributed by atoms with Crippen LogP contribution in [0.4, 0.5) is 4.39 Å². The molecule has 146 valence electrons. The number of nitrogens with one attached hydrogen (secondary N) is 1. The third-order valence-electron chi connectivity index (χ3n) is 4.17. The van der Waals surface area contributed by atoms with Crippen molar-refractivity contribution < 1.29 is 13.9 Å². The maximum Gasteiger partial charge on any atom is 0.175 e. The molecule has 0 spiro atoms. The second kappa shape index (κ2) is 10.2. The molecule has 0 aliphatic rings. The zero-order chi connectivity index (χ0) is 19.8. The molecule has 0 heterocycles. The maximum absolute atomic E-state index is 13.1. The lowest BCUT2D eigenvalue weighted by molar-refractivity contribution is 0.267. The Bertz CT molecular complexity index is 885. The van der Waals surface area contributed by atoms with Gasteiger partial charge in [-0.25, -0.2) is 4.39 Å². The van der Waals surface area contributed by atoms with E-state index < -0.39 is 0 Å². The first kappa shape index (κ1) is 20.4. The Labute approximate surface area is 173 Å². The van der Waals surface area contributed by atoms with Crippen LogP contribution in [-0.2, 0) is 19.7 Å². The molecule has 0 saturated carbocycles. The summed E-state index contributed by atoms with van der Waals surface area (Å²) in [5.74, 6) is 1.08. The molecule has 0 aromatic heterocycles. The van der Waals surface area contributed by atoms with Crippen molar-refractivity contribution >= 4 is 15.9 Å². The summed E-state index contributed by atoms with van der Waals surface area (Å²) >= 11 is 3.60. The normalized spacial score (nSPS) is 10.7. The molecule has 0 bridgehead atoms. The lowest BCUT2D eigenvalue weighted by atomic mass is 10.1. The Balaban J connectivity index is 1.67. The van der Waals surface area contributed by atoms with Gasteiger partial charge in [-0.05, 0) is 63.8 Å². The van der Waals surface area contributed by atoms with Crippen LogP contribution in [0.1, 0.15) is 23.6 Å². The van der Waals surface area contributed by atoms with Crippen LogP contribution >= 0.6 is 15.9 Å². The molecule has 0 atom stereocenters. The first-order valence-corrected chi connectivity index (χ1v) is 10.0. The fourth-order valence-electron chi connectivity index (χ4n) is 2.81. The quantitative estimate of drug-likeness (QED) is 0.449. The molecule has 0 saturated heterocycles. The van der Waals surface area contributed by atoms with Crippen LogP contribution < -0.4 is 14.8 Å². The molecule has 1 N–H and O–H groups in total. The van der Waals surface area contributed by atoms with Crippen molar-refractivity contribution in [3.8, 4) is 11.5 Å². The summed E-state index contributed by atoms with van der Waals surface area (Å²) in [6, 6.07) is 20.6. The maximum atomic E-state index is 13.1. The van der Waals surface area contributed by atoms with Gasteiger partial charge in [-0.1, -0.05) is 42.5 Å². The minimum atomic E-state index is -0.257. The zero-order valence-electron chi connectivity index (χ0n) is 15.8. The standard InChI is InChI=1S/C23H23BrFNO2/c1-2-27-22-13-19(15-26-14-17-6-4-3-5-7-17)12-21(24)23(22)28-16-18-8-10-20(25)11-9-18/h3-13,26H,2,14-16H2,1H3. The predicted molar refractivity (Wildman–Crippen MR) is 113 cm³/mol. The Morgan fingerprint density at radius 2 is 1.57 bits per heavy atom. The van der Waals surface area contributed by atoms with Gasteiger partial charge in [-0.3, -0.25) is 0 Å². The van der Waals surface area contributed by atoms with E-state index in [9.17, 15) is 4.39 Å². The van der Waals surface area contributed by atoms with E-state index in [-0.39, 0.29) is 5.82 Å². The van der Waals surface area contributed by atoms with E-state index in [1.54, 1.807) is 12.1 Å². The van der Waals surface area contributed by atoms with Crippen molar-refractivity contribution in [2.24, 2.45) is 0 Å². The number of hydrogen-bond donors (Lipinski definition) is 1. The largest absolute Gasteiger partial charge is 0.490 e. The lowest BCUT2D eigenvalue weighted by Crippen LogP contribution is -2.13. The van der Waals surface area contributed by atoms with Gasteiger partial charge in [-0.2, -0.15) is 0 Å². The smallest absolute Gasteiger partial charge is 0.175 e. The third kappa shape index (κ3) is 5.81. The molecule has 0 radical (unpaired) electrons. The van der Waals surface area contributed by atoms with Crippen LogP contribution in [0.2, 0.25) is 0 Å². The van der Waals surface area contributed by atoms with Gasteiger partial charge in [0.05, 0.1) is 11.1 Å². The fraction of sp³-hybridized carbons (Fsp3) is 0.217. The van der Waals surface area contributed by atoms with Crippen molar-refractivity contribution in [1.82, 2.24) is 5.32 Å². The number of halogens is 2. The molecular weight excluding hydrogens is 421 g/mol. The van der Waals surface area contributed by atoms with Crippen LogP contribution in [0, 0.1) is 5.82 Å². The molecule has 0 unspecified atom stereocenters. The molecule has 28 heavy (non-hydrogen) atoms. The number of ether oxygens (including phenoxy) is 2. The van der Waals surface area contributed by atoms with Gasteiger partial charge in [0.2, 0.25) is 0 Å². The first-order valence-electron chi connectivity index (χ1n) is 9.23. The molecule has 5 heteroatoms. The van der Waals surface area contributed by atoms with Crippen LogP contribution in [0.25, 0.3) is 0 Å². The summed E-state index contributed by atoms with van der Waals surface area (Å²) in [6.45, 7) is 4.33. The minimum absolute atomic E-state index is 0.257. The molecule has 3 aromatic carbocycles. The Kier molecular flexibility index (Phi) is 7.46. The van der Waals surface area contributed by atoms with Crippen LogP contribution in [-0.4, -0.2) is 6.61 Å². The van der Waals surface area contributed by atoms with Gasteiger partial charge >= 0.3 is 0 Å². The summed E-state index contributed by atoms with van der Waals surface area (Å²) in [5, 5.41) is 3.44. The van der Waals surface area contributed by atoms with Crippen LogP contribution in [0.3, 0.4) is 0 Å². The molecule has 0 amide bonds. The van der Waals surface area contributed by atoms with E-state index in [2.05, 4.69) is 33.4 Å². The average Bonchev–Trinajstić information content (AvgIpc) is 2.70. The Morgan fingerprint density at radius 1 is 0.857 bits per heavy atom. The SMILES string of the molecule is CCOc1cc(CNCc2ccccc2)cc(Br)c1OCc1ccc(F)cc1. The van der Waals surface area contributed by atoms with E-state index in [1.165, 1.54) is 17.7 Å². The second-order valence-electron chi connectivity index (χ2n) is 6.34. The topological polar surface area (TPSA) is 30.5 Å². The van der Waals surface area contributed by atoms with E-state index >= 15 is 0 Å². The lowest BCUT2D eigenvalue weighted by Gasteiger charge is -2.16. The molecule has 3 aromatic rings. The first-order chi connectivity index (χ1) is 13.7. The van der Waals surface area contributed by atoms with Gasteiger partial charge in [0.1, 0.15) is 12.4 Å². The third-order valence-corrected chi connectivity index (χ3v) is 4.76. The monoisotopic (exact) mass is 443 g/mol. The zero-order valence-corrected chi connectivity index (χ0v) is 17.3. The second-order valence-corrected chi connectivity index (χ2v) is 7.20. The molecule has 3 rings (SSSR count). The van der Waals surface area contributed by atoms with E-state index in [4.69, 9.17) is 9.47 Å². The van der Waals surface area contributed by atoms with Gasteiger partial charge in [-0.15, -0.1) is 0 Å². The van der Waals surface area contributed by atoms with Gasteiger partial charge in [0.15, 0.2) is 11.5 Å². The minimum Gasteiger partial charge on any atom is -0.490 e. The van der Waals surface area contributed by atoms with Crippen LogP contribution in [0.15, 0.2) is 71.2 Å². The number of benzene rings is 3. The summed E-state index contributed by atoms with van der Waals surface area (Å²) in [7, 11) is 0. The fourth-order valence-corrected chi connectivity index (χ4v) is 3.41. The van der Waals surface area contributed by atoms with Crippen molar-refractivity contribution in [1.29, 1.82) is 0 Å². The summed E-state index contributed by atoms with van der Waals surface area (Å²) in [4.78, 5) is 0.